The van der Waals surface area contributed by atoms with Gasteiger partial charge in [0.15, 0.2) is 5.78 Å². The highest BCUT2D eigenvalue weighted by molar-refractivity contribution is 6.04. The Labute approximate surface area is 151 Å². The normalized spacial score (nSPS) is 19.6. The van der Waals surface area contributed by atoms with Gasteiger partial charge in [0.05, 0.1) is 24.7 Å². The van der Waals surface area contributed by atoms with Gasteiger partial charge in [0.1, 0.15) is 18.2 Å². The molecule has 1 N–H and O–H groups in total. The van der Waals surface area contributed by atoms with Crippen LogP contribution >= 0.6 is 0 Å². The van der Waals surface area contributed by atoms with Crippen molar-refractivity contribution in [2.24, 2.45) is 0 Å². The number of hydrogen-bond donors (Lipinski definition) is 1. The highest BCUT2D eigenvalue weighted by Gasteiger charge is 2.28. The summed E-state index contributed by atoms with van der Waals surface area (Å²) in [5.74, 6) is 0.952. The summed E-state index contributed by atoms with van der Waals surface area (Å²) >= 11 is 0. The third kappa shape index (κ3) is 3.30. The number of fused-ring (bicyclic) bond motifs is 1. The Kier molecular flexibility index (Phi) is 4.62. The number of nitrogens with one attached hydrogen (secondary N) is 1. The molecule has 2 aliphatic rings. The minimum Gasteiger partial charge on any atom is -0.491 e. The van der Waals surface area contributed by atoms with Crippen molar-refractivity contribution in [2.45, 2.75) is 25.4 Å². The zero-order valence-corrected chi connectivity index (χ0v) is 14.4. The van der Waals surface area contributed by atoms with Gasteiger partial charge in [-0.1, -0.05) is 0 Å². The molecule has 134 valence electrons. The summed E-state index contributed by atoms with van der Waals surface area (Å²) in [6.45, 7) is 2.00. The molecule has 7 nitrogen and oxygen atoms in total. The van der Waals surface area contributed by atoms with Crippen LogP contribution in [0.5, 0.6) is 5.75 Å². The number of ether oxygens (including phenoxy) is 1. The first-order valence-electron chi connectivity index (χ1n) is 8.82. The van der Waals surface area contributed by atoms with Gasteiger partial charge >= 0.3 is 0 Å². The smallest absolute Gasteiger partial charge is 0.258 e. The lowest BCUT2D eigenvalue weighted by molar-refractivity contribution is 0.0738. The number of nitrogens with zero attached hydrogens (tertiary/aromatic N) is 3. The van der Waals surface area contributed by atoms with Crippen LogP contribution < -0.4 is 10.1 Å². The van der Waals surface area contributed by atoms with E-state index >= 15 is 0 Å². The van der Waals surface area contributed by atoms with E-state index in [9.17, 15) is 9.59 Å². The van der Waals surface area contributed by atoms with Crippen molar-refractivity contribution in [1.29, 1.82) is 0 Å². The SMILES string of the molecule is O=C(c1ccc2c(c1)C(=O)N(Cc1ncccn1)CCO2)[C@@H]1CCCN1. The summed E-state index contributed by atoms with van der Waals surface area (Å²) in [5.41, 5.74) is 0.959. The van der Waals surface area contributed by atoms with Gasteiger partial charge in [0.25, 0.3) is 5.91 Å². The Hall–Kier alpha value is -2.80. The van der Waals surface area contributed by atoms with E-state index in [1.54, 1.807) is 41.6 Å². The lowest BCUT2D eigenvalue weighted by Crippen LogP contribution is -2.33. The van der Waals surface area contributed by atoms with Crippen molar-refractivity contribution < 1.29 is 14.3 Å². The van der Waals surface area contributed by atoms with Crippen molar-refractivity contribution in [3.63, 3.8) is 0 Å². The summed E-state index contributed by atoms with van der Waals surface area (Å²) < 4.78 is 5.72. The monoisotopic (exact) mass is 352 g/mol. The van der Waals surface area contributed by atoms with E-state index in [0.717, 1.165) is 19.4 Å². The van der Waals surface area contributed by atoms with E-state index in [1.807, 2.05) is 0 Å². The van der Waals surface area contributed by atoms with E-state index in [0.29, 0.717) is 42.4 Å². The van der Waals surface area contributed by atoms with Crippen LogP contribution in [-0.2, 0) is 6.54 Å². The number of rotatable bonds is 4. The average molecular weight is 352 g/mol. The minimum atomic E-state index is -0.168. The van der Waals surface area contributed by atoms with Crippen LogP contribution in [0.4, 0.5) is 0 Å². The van der Waals surface area contributed by atoms with Crippen LogP contribution in [-0.4, -0.2) is 52.3 Å². The molecule has 0 aliphatic carbocycles. The maximum atomic E-state index is 13.0. The number of hydrogen-bond acceptors (Lipinski definition) is 6. The first-order chi connectivity index (χ1) is 12.7. The number of amides is 1. The van der Waals surface area contributed by atoms with E-state index < -0.39 is 0 Å². The summed E-state index contributed by atoms with van der Waals surface area (Å²) in [6.07, 6.45) is 5.13. The Morgan fingerprint density at radius 2 is 2.15 bits per heavy atom. The number of carbonyl (C=O) groups is 2. The molecule has 1 saturated heterocycles. The molecule has 2 aliphatic heterocycles. The quantitative estimate of drug-likeness (QED) is 0.839. The van der Waals surface area contributed by atoms with Crippen molar-refractivity contribution in [2.75, 3.05) is 19.7 Å². The number of benzene rings is 1. The van der Waals surface area contributed by atoms with Crippen molar-refractivity contribution in [1.82, 2.24) is 20.2 Å². The standard InChI is InChI=1S/C19H20N4O3/c24-18(15-3-1-6-20-15)13-4-5-16-14(11-13)19(25)23(9-10-26-16)12-17-21-7-2-8-22-17/h2,4-5,7-8,11,15,20H,1,3,6,9-10,12H2/t15-/m0/s1. The van der Waals surface area contributed by atoms with Gasteiger partial charge in [-0.25, -0.2) is 9.97 Å². The van der Waals surface area contributed by atoms with Crippen LogP contribution in [0.15, 0.2) is 36.7 Å². The van der Waals surface area contributed by atoms with E-state index in [4.69, 9.17) is 4.74 Å². The molecule has 0 unspecified atom stereocenters. The molecule has 1 aromatic carbocycles. The Morgan fingerprint density at radius 3 is 2.92 bits per heavy atom. The number of aromatic nitrogens is 2. The molecule has 1 aromatic heterocycles. The average Bonchev–Trinajstić information content (AvgIpc) is 3.17. The second kappa shape index (κ2) is 7.21. The van der Waals surface area contributed by atoms with E-state index in [1.165, 1.54) is 0 Å². The van der Waals surface area contributed by atoms with E-state index in [-0.39, 0.29) is 17.7 Å². The molecular weight excluding hydrogens is 332 g/mol. The minimum absolute atomic E-state index is 0.0280. The summed E-state index contributed by atoms with van der Waals surface area (Å²) in [4.78, 5) is 35.7. The van der Waals surface area contributed by atoms with Gasteiger partial charge < -0.3 is 15.0 Å². The van der Waals surface area contributed by atoms with Crippen LogP contribution in [0.1, 0.15) is 39.4 Å². The Morgan fingerprint density at radius 1 is 1.31 bits per heavy atom. The molecule has 1 atom stereocenters. The van der Waals surface area contributed by atoms with Crippen LogP contribution in [0.25, 0.3) is 0 Å². The molecule has 0 saturated carbocycles. The Bertz CT molecular complexity index is 819. The van der Waals surface area contributed by atoms with Crippen LogP contribution in [0, 0.1) is 0 Å². The van der Waals surface area contributed by atoms with Crippen molar-refractivity contribution >= 4 is 11.7 Å². The lowest BCUT2D eigenvalue weighted by Gasteiger charge is -2.19. The zero-order chi connectivity index (χ0) is 17.9. The molecule has 7 heteroatoms. The van der Waals surface area contributed by atoms with Gasteiger partial charge in [0, 0.05) is 18.0 Å². The van der Waals surface area contributed by atoms with Gasteiger partial charge in [-0.15, -0.1) is 0 Å². The molecule has 2 aromatic rings. The maximum absolute atomic E-state index is 13.0. The predicted molar refractivity (Wildman–Crippen MR) is 94.1 cm³/mol. The van der Waals surface area contributed by atoms with Gasteiger partial charge in [-0.05, 0) is 43.7 Å². The van der Waals surface area contributed by atoms with Gasteiger partial charge in [0.2, 0.25) is 0 Å². The molecule has 1 fully saturated rings. The number of ketones is 1. The summed E-state index contributed by atoms with van der Waals surface area (Å²) in [6, 6.07) is 6.69. The first kappa shape index (κ1) is 16.7. The number of carbonyl (C=O) groups excluding carboxylic acids is 2. The third-order valence-electron chi connectivity index (χ3n) is 4.73. The second-order valence-electron chi connectivity index (χ2n) is 6.46. The first-order valence-corrected chi connectivity index (χ1v) is 8.82. The van der Waals surface area contributed by atoms with Crippen molar-refractivity contribution in [3.8, 4) is 5.75 Å². The second-order valence-corrected chi connectivity index (χ2v) is 6.46. The van der Waals surface area contributed by atoms with E-state index in [2.05, 4.69) is 15.3 Å². The Balaban J connectivity index is 1.60. The predicted octanol–water partition coefficient (Wildman–Crippen LogP) is 1.45. The molecule has 0 radical (unpaired) electrons. The molecule has 4 rings (SSSR count). The summed E-state index contributed by atoms with van der Waals surface area (Å²) in [7, 11) is 0. The molecule has 0 spiro atoms. The van der Waals surface area contributed by atoms with Crippen LogP contribution in [0.3, 0.4) is 0 Å². The molecule has 26 heavy (non-hydrogen) atoms. The number of Topliss-reactive ketones (excluding diaryl/α,β-unsaturated/α-hetero) is 1. The van der Waals surface area contributed by atoms with Crippen molar-refractivity contribution in [3.05, 3.63) is 53.6 Å². The molecule has 0 bridgehead atoms. The zero-order valence-electron chi connectivity index (χ0n) is 14.4. The molecule has 1 amide bonds. The summed E-state index contributed by atoms with van der Waals surface area (Å²) in [5, 5.41) is 3.21. The largest absolute Gasteiger partial charge is 0.491 e. The topological polar surface area (TPSA) is 84.4 Å². The molecular formula is C19H20N4O3. The highest BCUT2D eigenvalue weighted by Crippen LogP contribution is 2.26. The van der Waals surface area contributed by atoms with Crippen LogP contribution in [0.2, 0.25) is 0 Å². The fourth-order valence-corrected chi connectivity index (χ4v) is 3.36. The molecule has 3 heterocycles. The fourth-order valence-electron chi connectivity index (χ4n) is 3.36. The maximum Gasteiger partial charge on any atom is 0.258 e. The van der Waals surface area contributed by atoms with Gasteiger partial charge in [-0.2, -0.15) is 0 Å². The lowest BCUT2D eigenvalue weighted by atomic mass is 10.00. The highest BCUT2D eigenvalue weighted by atomic mass is 16.5. The van der Waals surface area contributed by atoms with Gasteiger partial charge in [-0.3, -0.25) is 9.59 Å². The third-order valence-corrected chi connectivity index (χ3v) is 4.73. The fraction of sp³-hybridized carbons (Fsp3) is 0.368.